The van der Waals surface area contributed by atoms with Crippen LogP contribution < -0.4 is 14.4 Å². The third-order valence-electron chi connectivity index (χ3n) is 7.60. The predicted molar refractivity (Wildman–Crippen MR) is 166 cm³/mol. The standard InChI is InChI=1S/C33H41N3O5S/c1-3-31(33(38)34-27-15-9-5-10-16-27)35(24-23-26-13-7-4-8-14-26)32(37)25-36(42(2,39)40)28-19-21-30(22-20-28)41-29-17-11-6-12-18-29/h4,6-8,11-14,17-22,27,31H,3,5,9-10,15-16,23-25H2,1-2H3,(H,34,38). The zero-order chi connectivity index (χ0) is 30.0. The van der Waals surface area contributed by atoms with Gasteiger partial charge in [-0.3, -0.25) is 13.9 Å². The van der Waals surface area contributed by atoms with Crippen molar-refractivity contribution in [2.24, 2.45) is 0 Å². The molecule has 3 aromatic carbocycles. The van der Waals surface area contributed by atoms with Crippen molar-refractivity contribution in [1.29, 1.82) is 0 Å². The van der Waals surface area contributed by atoms with Gasteiger partial charge in [-0.15, -0.1) is 0 Å². The number of para-hydroxylation sites is 1. The van der Waals surface area contributed by atoms with E-state index >= 15 is 0 Å². The molecule has 1 saturated carbocycles. The molecule has 0 saturated heterocycles. The Morgan fingerprint density at radius 1 is 0.881 bits per heavy atom. The van der Waals surface area contributed by atoms with Gasteiger partial charge in [0.05, 0.1) is 11.9 Å². The smallest absolute Gasteiger partial charge is 0.244 e. The van der Waals surface area contributed by atoms with E-state index in [1.165, 1.54) is 6.42 Å². The number of nitrogens with one attached hydrogen (secondary N) is 1. The van der Waals surface area contributed by atoms with E-state index in [-0.39, 0.29) is 11.9 Å². The summed E-state index contributed by atoms with van der Waals surface area (Å²) in [5.74, 6) is 0.594. The van der Waals surface area contributed by atoms with E-state index in [1.807, 2.05) is 67.6 Å². The molecule has 1 aliphatic carbocycles. The molecule has 0 spiro atoms. The van der Waals surface area contributed by atoms with Gasteiger partial charge in [0.2, 0.25) is 21.8 Å². The van der Waals surface area contributed by atoms with Crippen LogP contribution in [0.25, 0.3) is 0 Å². The van der Waals surface area contributed by atoms with Crippen LogP contribution in [0.2, 0.25) is 0 Å². The quantitative estimate of drug-likeness (QED) is 0.282. The van der Waals surface area contributed by atoms with E-state index in [0.29, 0.717) is 36.6 Å². The number of anilines is 1. The number of benzene rings is 3. The summed E-state index contributed by atoms with van der Waals surface area (Å²) in [4.78, 5) is 29.0. The van der Waals surface area contributed by atoms with Crippen molar-refractivity contribution in [2.75, 3.05) is 23.7 Å². The van der Waals surface area contributed by atoms with Gasteiger partial charge in [0, 0.05) is 12.6 Å². The SMILES string of the molecule is CCC(C(=O)NC1CCCCC1)N(CCc1ccccc1)C(=O)CN(c1ccc(Oc2ccccc2)cc1)S(C)(=O)=O. The van der Waals surface area contributed by atoms with Gasteiger partial charge in [0.1, 0.15) is 24.1 Å². The predicted octanol–water partition coefficient (Wildman–Crippen LogP) is 5.54. The van der Waals surface area contributed by atoms with Crippen LogP contribution in [-0.2, 0) is 26.0 Å². The summed E-state index contributed by atoms with van der Waals surface area (Å²) >= 11 is 0. The zero-order valence-corrected chi connectivity index (χ0v) is 25.3. The third kappa shape index (κ3) is 8.82. The topological polar surface area (TPSA) is 96.0 Å². The van der Waals surface area contributed by atoms with Gasteiger partial charge < -0.3 is 15.0 Å². The molecule has 1 unspecified atom stereocenters. The van der Waals surface area contributed by atoms with Crippen molar-refractivity contribution in [2.45, 2.75) is 64.0 Å². The molecule has 9 heteroatoms. The average molecular weight is 592 g/mol. The highest BCUT2D eigenvalue weighted by molar-refractivity contribution is 7.92. The Balaban J connectivity index is 1.54. The summed E-state index contributed by atoms with van der Waals surface area (Å²) in [5.41, 5.74) is 1.38. The fraction of sp³-hybridized carbons (Fsp3) is 0.394. The highest BCUT2D eigenvalue weighted by Gasteiger charge is 2.32. The number of ether oxygens (including phenoxy) is 1. The molecule has 1 fully saturated rings. The molecule has 0 radical (unpaired) electrons. The Hall–Kier alpha value is -3.85. The summed E-state index contributed by atoms with van der Waals surface area (Å²) in [6.45, 7) is 1.76. The number of sulfonamides is 1. The first-order valence-electron chi connectivity index (χ1n) is 14.7. The van der Waals surface area contributed by atoms with Gasteiger partial charge >= 0.3 is 0 Å². The molecule has 0 bridgehead atoms. The number of carbonyl (C=O) groups excluding carboxylic acids is 2. The van der Waals surface area contributed by atoms with E-state index in [9.17, 15) is 18.0 Å². The van der Waals surface area contributed by atoms with Crippen LogP contribution >= 0.6 is 0 Å². The van der Waals surface area contributed by atoms with Gasteiger partial charge in [-0.05, 0) is 67.6 Å². The summed E-state index contributed by atoms with van der Waals surface area (Å²) in [6.07, 6.45) is 7.25. The van der Waals surface area contributed by atoms with Crippen molar-refractivity contribution in [3.63, 3.8) is 0 Å². The highest BCUT2D eigenvalue weighted by atomic mass is 32.2. The van der Waals surface area contributed by atoms with Crippen molar-refractivity contribution in [1.82, 2.24) is 10.2 Å². The van der Waals surface area contributed by atoms with Crippen LogP contribution in [0.3, 0.4) is 0 Å². The molecule has 2 amide bonds. The Kier molecular flexibility index (Phi) is 11.0. The minimum atomic E-state index is -3.82. The van der Waals surface area contributed by atoms with Crippen molar-refractivity contribution in [3.05, 3.63) is 90.5 Å². The molecule has 3 aromatic rings. The summed E-state index contributed by atoms with van der Waals surface area (Å²) in [6, 6.07) is 25.0. The molecule has 0 aliphatic heterocycles. The Morgan fingerprint density at radius 2 is 1.48 bits per heavy atom. The second-order valence-electron chi connectivity index (χ2n) is 10.8. The number of rotatable bonds is 13. The summed E-state index contributed by atoms with van der Waals surface area (Å²) < 4.78 is 32.8. The normalized spacial score (nSPS) is 14.5. The fourth-order valence-corrected chi connectivity index (χ4v) is 6.21. The lowest BCUT2D eigenvalue weighted by atomic mass is 9.95. The van der Waals surface area contributed by atoms with E-state index < -0.39 is 28.5 Å². The van der Waals surface area contributed by atoms with E-state index in [0.717, 1.165) is 41.8 Å². The maximum atomic E-state index is 13.9. The molecule has 0 heterocycles. The van der Waals surface area contributed by atoms with Crippen LogP contribution in [0.5, 0.6) is 11.5 Å². The van der Waals surface area contributed by atoms with Gasteiger partial charge in [-0.1, -0.05) is 74.7 Å². The minimum Gasteiger partial charge on any atom is -0.457 e. The van der Waals surface area contributed by atoms with Crippen LogP contribution in [0, 0.1) is 0 Å². The molecule has 0 aromatic heterocycles. The second-order valence-corrected chi connectivity index (χ2v) is 12.7. The van der Waals surface area contributed by atoms with Crippen LogP contribution in [0.4, 0.5) is 5.69 Å². The number of hydrogen-bond donors (Lipinski definition) is 1. The first-order valence-corrected chi connectivity index (χ1v) is 16.5. The second kappa shape index (κ2) is 14.9. The minimum absolute atomic E-state index is 0.107. The lowest BCUT2D eigenvalue weighted by Gasteiger charge is -2.34. The van der Waals surface area contributed by atoms with Gasteiger partial charge in [-0.25, -0.2) is 8.42 Å². The molecule has 8 nitrogen and oxygen atoms in total. The molecule has 1 N–H and O–H groups in total. The molecule has 42 heavy (non-hydrogen) atoms. The lowest BCUT2D eigenvalue weighted by Crippen LogP contribution is -2.54. The van der Waals surface area contributed by atoms with Gasteiger partial charge in [0.25, 0.3) is 0 Å². The lowest BCUT2D eigenvalue weighted by molar-refractivity contribution is -0.140. The molecular weight excluding hydrogens is 550 g/mol. The van der Waals surface area contributed by atoms with Gasteiger partial charge in [0.15, 0.2) is 0 Å². The molecule has 1 atom stereocenters. The van der Waals surface area contributed by atoms with E-state index in [4.69, 9.17) is 4.74 Å². The van der Waals surface area contributed by atoms with Gasteiger partial charge in [-0.2, -0.15) is 0 Å². The summed E-state index contributed by atoms with van der Waals surface area (Å²) in [5, 5.41) is 3.17. The number of amides is 2. The Labute approximate surface area is 249 Å². The largest absolute Gasteiger partial charge is 0.457 e. The molecule has 1 aliphatic rings. The highest BCUT2D eigenvalue weighted by Crippen LogP contribution is 2.26. The number of hydrogen-bond acceptors (Lipinski definition) is 5. The van der Waals surface area contributed by atoms with Crippen molar-refractivity contribution >= 4 is 27.5 Å². The van der Waals surface area contributed by atoms with Crippen LogP contribution in [0.1, 0.15) is 51.0 Å². The maximum absolute atomic E-state index is 13.9. The number of nitrogens with zero attached hydrogens (tertiary/aromatic N) is 2. The summed E-state index contributed by atoms with van der Waals surface area (Å²) in [7, 11) is -3.82. The first-order chi connectivity index (χ1) is 20.2. The van der Waals surface area contributed by atoms with Crippen molar-refractivity contribution in [3.8, 4) is 11.5 Å². The Bertz CT molecular complexity index is 1390. The van der Waals surface area contributed by atoms with E-state index in [2.05, 4.69) is 5.32 Å². The molecular formula is C33H41N3O5S. The first kappa shape index (κ1) is 31.1. The van der Waals surface area contributed by atoms with Crippen LogP contribution in [-0.4, -0.2) is 56.6 Å². The van der Waals surface area contributed by atoms with Crippen molar-refractivity contribution < 1.29 is 22.7 Å². The molecule has 224 valence electrons. The zero-order valence-electron chi connectivity index (χ0n) is 24.4. The van der Waals surface area contributed by atoms with Crippen LogP contribution in [0.15, 0.2) is 84.9 Å². The number of carbonyl (C=O) groups is 2. The third-order valence-corrected chi connectivity index (χ3v) is 8.75. The monoisotopic (exact) mass is 591 g/mol. The average Bonchev–Trinajstić information content (AvgIpc) is 2.99. The molecule has 4 rings (SSSR count). The Morgan fingerprint density at radius 3 is 2.07 bits per heavy atom. The van der Waals surface area contributed by atoms with E-state index in [1.54, 1.807) is 29.2 Å². The maximum Gasteiger partial charge on any atom is 0.244 e. The fourth-order valence-electron chi connectivity index (χ4n) is 5.36.